The van der Waals surface area contributed by atoms with Gasteiger partial charge in [0.25, 0.3) is 0 Å². The van der Waals surface area contributed by atoms with E-state index in [1.165, 1.54) is 20.3 Å². The van der Waals surface area contributed by atoms with Crippen molar-refractivity contribution in [3.8, 4) is 11.5 Å². The molecular formula is C10H11NO5. The van der Waals surface area contributed by atoms with E-state index in [-0.39, 0.29) is 17.5 Å². The van der Waals surface area contributed by atoms with Crippen LogP contribution >= 0.6 is 0 Å². The van der Waals surface area contributed by atoms with Crippen LogP contribution in [0.25, 0.3) is 0 Å². The zero-order valence-electron chi connectivity index (χ0n) is 8.93. The van der Waals surface area contributed by atoms with Crippen LogP contribution in [0.1, 0.15) is 11.7 Å². The first-order valence-electron chi connectivity index (χ1n) is 4.69. The number of nitro benzene ring substituents is 1. The van der Waals surface area contributed by atoms with Gasteiger partial charge in [-0.2, -0.15) is 0 Å². The molecular weight excluding hydrogens is 214 g/mol. The highest BCUT2D eigenvalue weighted by Crippen LogP contribution is 2.42. The molecule has 1 fully saturated rings. The topological polar surface area (TPSA) is 74.1 Å². The minimum absolute atomic E-state index is 0.0569. The van der Waals surface area contributed by atoms with Gasteiger partial charge in [-0.15, -0.1) is 0 Å². The summed E-state index contributed by atoms with van der Waals surface area (Å²) in [7, 11) is 2.82. The highest BCUT2D eigenvalue weighted by atomic mass is 16.6. The molecule has 0 N–H and O–H groups in total. The molecule has 1 aromatic carbocycles. The van der Waals surface area contributed by atoms with Crippen LogP contribution in [-0.4, -0.2) is 25.7 Å². The Morgan fingerprint density at radius 3 is 2.56 bits per heavy atom. The van der Waals surface area contributed by atoms with Gasteiger partial charge < -0.3 is 14.2 Å². The SMILES string of the molecule is COc1cc([C@H]2CO2)cc([N+](=O)[O-])c1OC. The molecule has 0 aromatic heterocycles. The van der Waals surface area contributed by atoms with Gasteiger partial charge >= 0.3 is 5.69 Å². The van der Waals surface area contributed by atoms with E-state index in [1.807, 2.05) is 0 Å². The summed E-state index contributed by atoms with van der Waals surface area (Å²) in [6, 6.07) is 3.16. The molecule has 0 aliphatic carbocycles. The number of benzene rings is 1. The first-order chi connectivity index (χ1) is 7.67. The van der Waals surface area contributed by atoms with E-state index < -0.39 is 4.92 Å². The van der Waals surface area contributed by atoms with E-state index >= 15 is 0 Å². The first kappa shape index (κ1) is 10.7. The maximum atomic E-state index is 10.9. The van der Waals surface area contributed by atoms with Crippen LogP contribution in [-0.2, 0) is 4.74 Å². The van der Waals surface area contributed by atoms with Gasteiger partial charge in [-0.25, -0.2) is 0 Å². The monoisotopic (exact) mass is 225 g/mol. The second-order valence-electron chi connectivity index (χ2n) is 3.35. The maximum absolute atomic E-state index is 10.9. The number of rotatable bonds is 4. The Morgan fingerprint density at radius 2 is 2.12 bits per heavy atom. The van der Waals surface area contributed by atoms with Crippen molar-refractivity contribution in [1.82, 2.24) is 0 Å². The van der Waals surface area contributed by atoms with E-state index in [2.05, 4.69) is 0 Å². The molecule has 0 spiro atoms. The lowest BCUT2D eigenvalue weighted by molar-refractivity contribution is -0.385. The average molecular weight is 225 g/mol. The number of nitro groups is 1. The summed E-state index contributed by atoms with van der Waals surface area (Å²) in [5.41, 5.74) is 0.636. The standard InChI is InChI=1S/C10H11NO5/c1-14-8-4-6(9-5-16-9)3-7(11(12)13)10(8)15-2/h3-4,9H,5H2,1-2H3/t9-/m1/s1. The lowest BCUT2D eigenvalue weighted by Crippen LogP contribution is -1.98. The number of nitrogens with zero attached hydrogens (tertiary/aromatic N) is 1. The summed E-state index contributed by atoms with van der Waals surface area (Å²) in [6.07, 6.45) is -0.0569. The Hall–Kier alpha value is -1.82. The summed E-state index contributed by atoms with van der Waals surface area (Å²) in [5.74, 6) is 0.485. The van der Waals surface area contributed by atoms with Gasteiger partial charge in [0.2, 0.25) is 5.75 Å². The molecule has 1 atom stereocenters. The van der Waals surface area contributed by atoms with Crippen molar-refractivity contribution in [3.63, 3.8) is 0 Å². The Bertz CT molecular complexity index is 427. The van der Waals surface area contributed by atoms with Crippen LogP contribution in [0.15, 0.2) is 12.1 Å². The van der Waals surface area contributed by atoms with Gasteiger partial charge in [-0.05, 0) is 11.6 Å². The molecule has 1 heterocycles. The van der Waals surface area contributed by atoms with Gasteiger partial charge in [-0.3, -0.25) is 10.1 Å². The fourth-order valence-corrected chi connectivity index (χ4v) is 1.53. The molecule has 0 radical (unpaired) electrons. The smallest absolute Gasteiger partial charge is 0.315 e. The fourth-order valence-electron chi connectivity index (χ4n) is 1.53. The lowest BCUT2D eigenvalue weighted by Gasteiger charge is -2.09. The van der Waals surface area contributed by atoms with E-state index in [9.17, 15) is 10.1 Å². The molecule has 1 aliphatic rings. The summed E-state index contributed by atoms with van der Waals surface area (Å²) in [5, 5.41) is 10.9. The van der Waals surface area contributed by atoms with Crippen molar-refractivity contribution in [2.24, 2.45) is 0 Å². The summed E-state index contributed by atoms with van der Waals surface area (Å²) < 4.78 is 15.1. The number of ether oxygens (including phenoxy) is 3. The molecule has 6 heteroatoms. The lowest BCUT2D eigenvalue weighted by atomic mass is 10.1. The predicted octanol–water partition coefficient (Wildman–Crippen LogP) is 1.68. The summed E-state index contributed by atoms with van der Waals surface area (Å²) in [6.45, 7) is 0.590. The molecule has 0 unspecified atom stereocenters. The third kappa shape index (κ3) is 1.79. The summed E-state index contributed by atoms with van der Waals surface area (Å²) in [4.78, 5) is 10.4. The highest BCUT2D eigenvalue weighted by molar-refractivity contribution is 5.58. The predicted molar refractivity (Wildman–Crippen MR) is 54.9 cm³/mol. The van der Waals surface area contributed by atoms with E-state index in [0.717, 1.165) is 5.56 Å². The minimum atomic E-state index is -0.493. The molecule has 2 rings (SSSR count). The molecule has 0 amide bonds. The second kappa shape index (κ2) is 3.97. The maximum Gasteiger partial charge on any atom is 0.315 e. The summed E-state index contributed by atoms with van der Waals surface area (Å²) >= 11 is 0. The zero-order valence-corrected chi connectivity index (χ0v) is 8.93. The normalized spacial score (nSPS) is 18.0. The van der Waals surface area contributed by atoms with Gasteiger partial charge in [0, 0.05) is 6.07 Å². The van der Waals surface area contributed by atoms with Crippen molar-refractivity contribution in [2.75, 3.05) is 20.8 Å². The van der Waals surface area contributed by atoms with Crippen LogP contribution in [0.5, 0.6) is 11.5 Å². The quantitative estimate of drug-likeness (QED) is 0.442. The van der Waals surface area contributed by atoms with E-state index in [1.54, 1.807) is 6.07 Å². The average Bonchev–Trinajstić information content (AvgIpc) is 3.10. The Balaban J connectivity index is 2.54. The largest absolute Gasteiger partial charge is 0.493 e. The zero-order chi connectivity index (χ0) is 11.7. The third-order valence-corrected chi connectivity index (χ3v) is 2.38. The molecule has 16 heavy (non-hydrogen) atoms. The van der Waals surface area contributed by atoms with Crippen LogP contribution in [0, 0.1) is 10.1 Å². The molecule has 1 aliphatic heterocycles. The Morgan fingerprint density at radius 1 is 1.44 bits per heavy atom. The molecule has 0 saturated carbocycles. The van der Waals surface area contributed by atoms with Crippen LogP contribution in [0.3, 0.4) is 0 Å². The van der Waals surface area contributed by atoms with Crippen molar-refractivity contribution < 1.29 is 19.1 Å². The van der Waals surface area contributed by atoms with Gasteiger partial charge in [0.05, 0.1) is 25.7 Å². The van der Waals surface area contributed by atoms with Crippen LogP contribution < -0.4 is 9.47 Å². The van der Waals surface area contributed by atoms with Gasteiger partial charge in [-0.1, -0.05) is 0 Å². The third-order valence-electron chi connectivity index (χ3n) is 2.38. The molecule has 1 saturated heterocycles. The van der Waals surface area contributed by atoms with Crippen molar-refractivity contribution in [3.05, 3.63) is 27.8 Å². The highest BCUT2D eigenvalue weighted by Gasteiger charge is 2.30. The van der Waals surface area contributed by atoms with Gasteiger partial charge in [0.1, 0.15) is 6.10 Å². The van der Waals surface area contributed by atoms with E-state index in [4.69, 9.17) is 14.2 Å². The fraction of sp³-hybridized carbons (Fsp3) is 0.400. The van der Waals surface area contributed by atoms with Crippen LogP contribution in [0.2, 0.25) is 0 Å². The molecule has 0 bridgehead atoms. The Labute approximate surface area is 91.9 Å². The molecule has 1 aromatic rings. The second-order valence-corrected chi connectivity index (χ2v) is 3.35. The van der Waals surface area contributed by atoms with Gasteiger partial charge in [0.15, 0.2) is 5.75 Å². The number of hydrogen-bond acceptors (Lipinski definition) is 5. The Kier molecular flexibility index (Phi) is 2.66. The minimum Gasteiger partial charge on any atom is -0.493 e. The van der Waals surface area contributed by atoms with Crippen molar-refractivity contribution in [1.29, 1.82) is 0 Å². The number of epoxide rings is 1. The van der Waals surface area contributed by atoms with Crippen LogP contribution in [0.4, 0.5) is 5.69 Å². The van der Waals surface area contributed by atoms with Crippen molar-refractivity contribution in [2.45, 2.75) is 6.10 Å². The number of hydrogen-bond donors (Lipinski definition) is 0. The molecule has 6 nitrogen and oxygen atoms in total. The van der Waals surface area contributed by atoms with E-state index in [0.29, 0.717) is 12.4 Å². The number of methoxy groups -OCH3 is 2. The van der Waals surface area contributed by atoms with Crippen molar-refractivity contribution >= 4 is 5.69 Å². The first-order valence-corrected chi connectivity index (χ1v) is 4.69. The molecule has 86 valence electrons.